The standard InChI is InChI=1S/C23H25N3O2S/c1-15(2)17-7-9-19(10-8-17)28-12-22(27)24-23-20-13-29-14-21(20)25-26(23)18-6-4-5-16(3)11-18/h4-11,15H,12-14H2,1-3H3,(H,24,27). The van der Waals surface area contributed by atoms with E-state index in [4.69, 9.17) is 9.84 Å². The Hall–Kier alpha value is -2.73. The van der Waals surface area contributed by atoms with Crippen LogP contribution >= 0.6 is 11.8 Å². The maximum absolute atomic E-state index is 12.6. The summed E-state index contributed by atoms with van der Waals surface area (Å²) in [7, 11) is 0. The van der Waals surface area contributed by atoms with E-state index in [2.05, 4.69) is 25.2 Å². The molecular weight excluding hydrogens is 382 g/mol. The summed E-state index contributed by atoms with van der Waals surface area (Å²) in [5.74, 6) is 3.45. The van der Waals surface area contributed by atoms with Crippen molar-refractivity contribution in [1.29, 1.82) is 0 Å². The zero-order chi connectivity index (χ0) is 20.4. The zero-order valence-electron chi connectivity index (χ0n) is 16.9. The molecule has 0 saturated heterocycles. The quantitative estimate of drug-likeness (QED) is 0.620. The van der Waals surface area contributed by atoms with Gasteiger partial charge in [0.2, 0.25) is 0 Å². The molecule has 2 aromatic carbocycles. The lowest BCUT2D eigenvalue weighted by atomic mass is 10.0. The molecule has 0 unspecified atom stereocenters. The van der Waals surface area contributed by atoms with Gasteiger partial charge in [0, 0.05) is 17.1 Å². The van der Waals surface area contributed by atoms with Gasteiger partial charge in [0.1, 0.15) is 11.6 Å². The highest BCUT2D eigenvalue weighted by atomic mass is 32.2. The molecule has 0 aliphatic carbocycles. The molecule has 0 fully saturated rings. The van der Waals surface area contributed by atoms with E-state index in [0.717, 1.165) is 39.8 Å². The van der Waals surface area contributed by atoms with Crippen molar-refractivity contribution >= 4 is 23.5 Å². The fourth-order valence-corrected chi connectivity index (χ4v) is 4.39. The van der Waals surface area contributed by atoms with Crippen LogP contribution in [0.1, 0.15) is 42.1 Å². The third kappa shape index (κ3) is 4.32. The number of thioether (sulfide) groups is 1. The van der Waals surface area contributed by atoms with Crippen molar-refractivity contribution in [2.75, 3.05) is 11.9 Å². The Bertz CT molecular complexity index is 1030. The van der Waals surface area contributed by atoms with Crippen LogP contribution in [-0.4, -0.2) is 22.3 Å². The first kappa shape index (κ1) is 19.6. The van der Waals surface area contributed by atoms with Gasteiger partial charge in [-0.1, -0.05) is 38.1 Å². The maximum atomic E-state index is 12.6. The Balaban J connectivity index is 1.49. The van der Waals surface area contributed by atoms with Gasteiger partial charge in [-0.05, 0) is 48.2 Å². The van der Waals surface area contributed by atoms with Gasteiger partial charge in [-0.2, -0.15) is 16.9 Å². The van der Waals surface area contributed by atoms with E-state index in [1.807, 2.05) is 65.8 Å². The fraction of sp³-hybridized carbons (Fsp3) is 0.304. The van der Waals surface area contributed by atoms with Crippen LogP contribution in [0.2, 0.25) is 0 Å². The molecule has 0 spiro atoms. The van der Waals surface area contributed by atoms with Gasteiger partial charge in [-0.25, -0.2) is 4.68 Å². The van der Waals surface area contributed by atoms with Gasteiger partial charge in [0.05, 0.1) is 11.4 Å². The van der Waals surface area contributed by atoms with Crippen molar-refractivity contribution < 1.29 is 9.53 Å². The number of rotatable bonds is 6. The molecule has 4 rings (SSSR count). The normalized spacial score (nSPS) is 12.8. The fourth-order valence-electron chi connectivity index (χ4n) is 3.35. The summed E-state index contributed by atoms with van der Waals surface area (Å²) in [6.45, 7) is 6.31. The number of anilines is 1. The number of carbonyl (C=O) groups is 1. The van der Waals surface area contributed by atoms with Crippen molar-refractivity contribution in [3.63, 3.8) is 0 Å². The highest BCUT2D eigenvalue weighted by molar-refractivity contribution is 7.98. The van der Waals surface area contributed by atoms with Crippen LogP contribution in [0.15, 0.2) is 48.5 Å². The van der Waals surface area contributed by atoms with Crippen molar-refractivity contribution in [3.05, 3.63) is 70.9 Å². The van der Waals surface area contributed by atoms with Crippen molar-refractivity contribution in [2.24, 2.45) is 0 Å². The lowest BCUT2D eigenvalue weighted by Gasteiger charge is -2.12. The van der Waals surface area contributed by atoms with Crippen molar-refractivity contribution in [1.82, 2.24) is 9.78 Å². The predicted octanol–water partition coefficient (Wildman–Crippen LogP) is 5.07. The van der Waals surface area contributed by atoms with E-state index in [9.17, 15) is 4.79 Å². The molecule has 0 bridgehead atoms. The number of ether oxygens (including phenoxy) is 1. The molecule has 150 valence electrons. The molecule has 29 heavy (non-hydrogen) atoms. The molecule has 1 N–H and O–H groups in total. The first-order chi connectivity index (χ1) is 14.0. The molecule has 1 aromatic heterocycles. The molecule has 5 nitrogen and oxygen atoms in total. The second-order valence-electron chi connectivity index (χ2n) is 7.58. The van der Waals surface area contributed by atoms with Crippen LogP contribution in [0.5, 0.6) is 5.75 Å². The van der Waals surface area contributed by atoms with E-state index >= 15 is 0 Å². The lowest BCUT2D eigenvalue weighted by Crippen LogP contribution is -2.22. The molecule has 1 amide bonds. The molecule has 1 aliphatic rings. The van der Waals surface area contributed by atoms with Crippen molar-refractivity contribution in [2.45, 2.75) is 38.2 Å². The monoisotopic (exact) mass is 407 g/mol. The number of carbonyl (C=O) groups excluding carboxylic acids is 1. The van der Waals surface area contributed by atoms with Gasteiger partial charge >= 0.3 is 0 Å². The second kappa shape index (κ2) is 8.33. The third-order valence-corrected chi connectivity index (χ3v) is 5.94. The van der Waals surface area contributed by atoms with E-state index in [1.165, 1.54) is 5.56 Å². The Morgan fingerprint density at radius 2 is 2.00 bits per heavy atom. The highest BCUT2D eigenvalue weighted by Gasteiger charge is 2.24. The van der Waals surface area contributed by atoms with Gasteiger partial charge in [0.25, 0.3) is 5.91 Å². The molecular formula is C23H25N3O2S. The third-order valence-electron chi connectivity index (χ3n) is 4.97. The summed E-state index contributed by atoms with van der Waals surface area (Å²) >= 11 is 1.81. The van der Waals surface area contributed by atoms with E-state index in [0.29, 0.717) is 11.7 Å². The minimum Gasteiger partial charge on any atom is -0.484 e. The molecule has 6 heteroatoms. The van der Waals surface area contributed by atoms with E-state index in [-0.39, 0.29) is 12.5 Å². The molecule has 2 heterocycles. The van der Waals surface area contributed by atoms with Gasteiger partial charge in [-0.15, -0.1) is 0 Å². The van der Waals surface area contributed by atoms with Gasteiger partial charge < -0.3 is 10.1 Å². The van der Waals surface area contributed by atoms with Crippen LogP contribution in [0, 0.1) is 6.92 Å². The smallest absolute Gasteiger partial charge is 0.263 e. The molecule has 0 saturated carbocycles. The van der Waals surface area contributed by atoms with Crippen LogP contribution < -0.4 is 10.1 Å². The predicted molar refractivity (Wildman–Crippen MR) is 118 cm³/mol. The number of nitrogens with one attached hydrogen (secondary N) is 1. The number of aromatic nitrogens is 2. The average molecular weight is 408 g/mol. The minimum atomic E-state index is -0.188. The molecule has 3 aromatic rings. The summed E-state index contributed by atoms with van der Waals surface area (Å²) in [4.78, 5) is 12.6. The average Bonchev–Trinajstić information content (AvgIpc) is 3.29. The van der Waals surface area contributed by atoms with Gasteiger partial charge in [-0.3, -0.25) is 4.79 Å². The summed E-state index contributed by atoms with van der Waals surface area (Å²) in [6.07, 6.45) is 0. The Morgan fingerprint density at radius 1 is 1.21 bits per heavy atom. The largest absolute Gasteiger partial charge is 0.484 e. The van der Waals surface area contributed by atoms with Crippen LogP contribution in [-0.2, 0) is 16.3 Å². The van der Waals surface area contributed by atoms with E-state index < -0.39 is 0 Å². The first-order valence-electron chi connectivity index (χ1n) is 9.79. The molecule has 0 atom stereocenters. The number of hydrogen-bond donors (Lipinski definition) is 1. The molecule has 0 radical (unpaired) electrons. The number of amides is 1. The van der Waals surface area contributed by atoms with Crippen LogP contribution in [0.3, 0.4) is 0 Å². The second-order valence-corrected chi connectivity index (χ2v) is 8.56. The summed E-state index contributed by atoms with van der Waals surface area (Å²) in [5, 5.41) is 7.77. The van der Waals surface area contributed by atoms with E-state index in [1.54, 1.807) is 0 Å². The Kier molecular flexibility index (Phi) is 5.62. The minimum absolute atomic E-state index is 0.0397. The number of nitrogens with zero attached hydrogens (tertiary/aromatic N) is 2. The zero-order valence-corrected chi connectivity index (χ0v) is 17.8. The number of hydrogen-bond acceptors (Lipinski definition) is 4. The Morgan fingerprint density at radius 3 is 2.72 bits per heavy atom. The van der Waals surface area contributed by atoms with Gasteiger partial charge in [0.15, 0.2) is 6.61 Å². The summed E-state index contributed by atoms with van der Waals surface area (Å²) < 4.78 is 7.53. The summed E-state index contributed by atoms with van der Waals surface area (Å²) in [5.41, 5.74) is 5.49. The summed E-state index contributed by atoms with van der Waals surface area (Å²) in [6, 6.07) is 16.0. The topological polar surface area (TPSA) is 56.2 Å². The van der Waals surface area contributed by atoms with Crippen molar-refractivity contribution in [3.8, 4) is 11.4 Å². The number of aryl methyl sites for hydroxylation is 1. The number of benzene rings is 2. The Labute approximate surface area is 175 Å². The maximum Gasteiger partial charge on any atom is 0.263 e. The first-order valence-corrected chi connectivity index (χ1v) is 10.9. The molecule has 1 aliphatic heterocycles. The van der Waals surface area contributed by atoms with Crippen LogP contribution in [0.25, 0.3) is 5.69 Å². The number of fused-ring (bicyclic) bond motifs is 1. The lowest BCUT2D eigenvalue weighted by molar-refractivity contribution is -0.118. The highest BCUT2D eigenvalue weighted by Crippen LogP contribution is 2.36. The van der Waals surface area contributed by atoms with Crippen LogP contribution in [0.4, 0.5) is 5.82 Å². The SMILES string of the molecule is Cc1cccc(-n2nc3c(c2NC(=O)COc2ccc(C(C)C)cc2)CSC3)c1.